The number of likely N-dealkylation sites (tertiary alicyclic amines) is 1. The molecule has 0 aromatic carbocycles. The minimum atomic E-state index is 0.153. The van der Waals surface area contributed by atoms with Crippen molar-refractivity contribution < 1.29 is 4.79 Å². The molecule has 1 rings (SSSR count). The van der Waals surface area contributed by atoms with Crippen LogP contribution in [0.5, 0.6) is 0 Å². The molecule has 4 nitrogen and oxygen atoms in total. The highest BCUT2D eigenvalue weighted by Gasteiger charge is 2.26. The molecule has 0 saturated carbocycles. The smallest absolute Gasteiger partial charge is 0.319 e. The summed E-state index contributed by atoms with van der Waals surface area (Å²) in [6.07, 6.45) is 1.07. The van der Waals surface area contributed by atoms with Crippen molar-refractivity contribution in [1.82, 2.24) is 15.1 Å². The van der Waals surface area contributed by atoms with Gasteiger partial charge in [0.1, 0.15) is 0 Å². The molecular formula is C9H19N3O. The third kappa shape index (κ3) is 2.34. The monoisotopic (exact) mass is 185 g/mol. The van der Waals surface area contributed by atoms with Gasteiger partial charge in [-0.3, -0.25) is 0 Å². The molecule has 13 heavy (non-hydrogen) atoms. The van der Waals surface area contributed by atoms with Crippen LogP contribution in [0.25, 0.3) is 0 Å². The Balaban J connectivity index is 2.41. The number of carbonyl (C=O) groups excluding carboxylic acids is 1. The Morgan fingerprint density at radius 1 is 1.69 bits per heavy atom. The van der Waals surface area contributed by atoms with E-state index in [-0.39, 0.29) is 6.03 Å². The fourth-order valence-corrected chi connectivity index (χ4v) is 1.55. The predicted molar refractivity (Wildman–Crippen MR) is 52.7 cm³/mol. The Morgan fingerprint density at radius 2 is 2.38 bits per heavy atom. The van der Waals surface area contributed by atoms with Gasteiger partial charge in [0.05, 0.1) is 0 Å². The standard InChI is InChI=1S/C9H19N3O/c1-4-11(3)9(13)12-6-5-8(7-12)10-2/h8,10H,4-7H2,1-3H3. The number of carbonyl (C=O) groups is 1. The van der Waals surface area contributed by atoms with Crippen molar-refractivity contribution in [2.45, 2.75) is 19.4 Å². The second-order valence-corrected chi connectivity index (χ2v) is 3.52. The van der Waals surface area contributed by atoms with Crippen molar-refractivity contribution in [3.63, 3.8) is 0 Å². The van der Waals surface area contributed by atoms with Gasteiger partial charge in [-0.25, -0.2) is 4.79 Å². The lowest BCUT2D eigenvalue weighted by molar-refractivity contribution is 0.174. The molecule has 4 heteroatoms. The number of urea groups is 1. The first-order chi connectivity index (χ1) is 6.19. The summed E-state index contributed by atoms with van der Waals surface area (Å²) in [4.78, 5) is 15.3. The summed E-state index contributed by atoms with van der Waals surface area (Å²) < 4.78 is 0. The second-order valence-electron chi connectivity index (χ2n) is 3.52. The molecule has 1 N–H and O–H groups in total. The number of amides is 2. The first-order valence-electron chi connectivity index (χ1n) is 4.86. The second kappa shape index (κ2) is 4.46. The summed E-state index contributed by atoms with van der Waals surface area (Å²) in [6.45, 7) is 4.50. The molecular weight excluding hydrogens is 166 g/mol. The lowest BCUT2D eigenvalue weighted by Gasteiger charge is -2.23. The van der Waals surface area contributed by atoms with E-state index >= 15 is 0 Å². The van der Waals surface area contributed by atoms with Crippen LogP contribution in [0.3, 0.4) is 0 Å². The van der Waals surface area contributed by atoms with E-state index in [1.165, 1.54) is 0 Å². The molecule has 0 radical (unpaired) electrons. The molecule has 1 heterocycles. The Bertz CT molecular complexity index is 184. The van der Waals surface area contributed by atoms with Gasteiger partial charge in [0.25, 0.3) is 0 Å². The molecule has 1 unspecified atom stereocenters. The van der Waals surface area contributed by atoms with Gasteiger partial charge in [-0.05, 0) is 20.4 Å². The predicted octanol–water partition coefficient (Wildman–Crippen LogP) is 0.352. The van der Waals surface area contributed by atoms with Crippen LogP contribution in [0.1, 0.15) is 13.3 Å². The number of nitrogens with one attached hydrogen (secondary N) is 1. The fraction of sp³-hybridized carbons (Fsp3) is 0.889. The summed E-state index contributed by atoms with van der Waals surface area (Å²) in [7, 11) is 3.79. The van der Waals surface area contributed by atoms with Crippen LogP contribution >= 0.6 is 0 Å². The fourth-order valence-electron chi connectivity index (χ4n) is 1.55. The van der Waals surface area contributed by atoms with E-state index in [1.807, 2.05) is 25.9 Å². The van der Waals surface area contributed by atoms with Crippen LogP contribution in [0.15, 0.2) is 0 Å². The van der Waals surface area contributed by atoms with Crippen molar-refractivity contribution in [2.75, 3.05) is 33.7 Å². The summed E-state index contributed by atoms with van der Waals surface area (Å²) in [6, 6.07) is 0.634. The Hall–Kier alpha value is -0.770. The Labute approximate surface area is 79.9 Å². The topological polar surface area (TPSA) is 35.6 Å². The highest BCUT2D eigenvalue weighted by molar-refractivity contribution is 5.74. The maximum atomic E-state index is 11.7. The van der Waals surface area contributed by atoms with Gasteiger partial charge >= 0.3 is 6.03 Å². The van der Waals surface area contributed by atoms with Crippen LogP contribution in [0, 0.1) is 0 Å². The summed E-state index contributed by atoms with van der Waals surface area (Å²) in [5.74, 6) is 0. The molecule has 1 fully saturated rings. The van der Waals surface area contributed by atoms with Crippen LogP contribution in [-0.4, -0.2) is 55.6 Å². The SMILES string of the molecule is CCN(C)C(=O)N1CCC(NC)C1. The van der Waals surface area contributed by atoms with E-state index in [0.717, 1.165) is 26.1 Å². The molecule has 2 amide bonds. The zero-order valence-corrected chi connectivity index (χ0v) is 8.71. The molecule has 0 aromatic heterocycles. The molecule has 0 spiro atoms. The normalized spacial score (nSPS) is 22.1. The summed E-state index contributed by atoms with van der Waals surface area (Å²) >= 11 is 0. The molecule has 0 bridgehead atoms. The van der Waals surface area contributed by atoms with Crippen LogP contribution < -0.4 is 5.32 Å². The molecule has 1 aliphatic heterocycles. The summed E-state index contributed by atoms with van der Waals surface area (Å²) in [5.41, 5.74) is 0. The lowest BCUT2D eigenvalue weighted by atomic mass is 10.3. The number of hydrogen-bond donors (Lipinski definition) is 1. The van der Waals surface area contributed by atoms with Gasteiger partial charge in [0, 0.05) is 32.7 Å². The van der Waals surface area contributed by atoms with Crippen molar-refractivity contribution >= 4 is 6.03 Å². The number of rotatable bonds is 2. The maximum absolute atomic E-state index is 11.7. The third-order valence-electron chi connectivity index (χ3n) is 2.67. The minimum Gasteiger partial charge on any atom is -0.328 e. The third-order valence-corrected chi connectivity index (χ3v) is 2.67. The zero-order valence-electron chi connectivity index (χ0n) is 8.71. The van der Waals surface area contributed by atoms with Gasteiger partial charge < -0.3 is 15.1 Å². The van der Waals surface area contributed by atoms with Gasteiger partial charge in [-0.15, -0.1) is 0 Å². The average Bonchev–Trinajstić information content (AvgIpc) is 2.63. The van der Waals surface area contributed by atoms with E-state index < -0.39 is 0 Å². The van der Waals surface area contributed by atoms with E-state index in [2.05, 4.69) is 5.32 Å². The highest BCUT2D eigenvalue weighted by atomic mass is 16.2. The van der Waals surface area contributed by atoms with E-state index in [4.69, 9.17) is 0 Å². The summed E-state index contributed by atoms with van der Waals surface area (Å²) in [5, 5.41) is 3.19. The van der Waals surface area contributed by atoms with Crippen LogP contribution in [-0.2, 0) is 0 Å². The van der Waals surface area contributed by atoms with Crippen molar-refractivity contribution in [1.29, 1.82) is 0 Å². The first kappa shape index (κ1) is 10.3. The van der Waals surface area contributed by atoms with E-state index in [9.17, 15) is 4.79 Å². The molecule has 0 aromatic rings. The molecule has 1 atom stereocenters. The van der Waals surface area contributed by atoms with Crippen LogP contribution in [0.4, 0.5) is 4.79 Å². The van der Waals surface area contributed by atoms with E-state index in [1.54, 1.807) is 4.90 Å². The van der Waals surface area contributed by atoms with Gasteiger partial charge in [0.15, 0.2) is 0 Å². The average molecular weight is 185 g/mol. The number of nitrogens with zero attached hydrogens (tertiary/aromatic N) is 2. The molecule has 76 valence electrons. The van der Waals surface area contributed by atoms with Crippen molar-refractivity contribution in [2.24, 2.45) is 0 Å². The van der Waals surface area contributed by atoms with Crippen LogP contribution in [0.2, 0.25) is 0 Å². The molecule has 1 saturated heterocycles. The quantitative estimate of drug-likeness (QED) is 0.674. The molecule has 1 aliphatic rings. The first-order valence-corrected chi connectivity index (χ1v) is 4.86. The lowest BCUT2D eigenvalue weighted by Crippen LogP contribution is -2.41. The maximum Gasteiger partial charge on any atom is 0.319 e. The highest BCUT2D eigenvalue weighted by Crippen LogP contribution is 2.10. The van der Waals surface area contributed by atoms with Gasteiger partial charge in [0.2, 0.25) is 0 Å². The van der Waals surface area contributed by atoms with E-state index in [0.29, 0.717) is 6.04 Å². The zero-order chi connectivity index (χ0) is 9.84. The number of likely N-dealkylation sites (N-methyl/N-ethyl adjacent to an activating group) is 1. The number of hydrogen-bond acceptors (Lipinski definition) is 2. The minimum absolute atomic E-state index is 0.153. The van der Waals surface area contributed by atoms with Gasteiger partial charge in [-0.1, -0.05) is 0 Å². The Kier molecular flexibility index (Phi) is 3.54. The van der Waals surface area contributed by atoms with Gasteiger partial charge in [-0.2, -0.15) is 0 Å². The largest absolute Gasteiger partial charge is 0.328 e. The Morgan fingerprint density at radius 3 is 2.85 bits per heavy atom. The van der Waals surface area contributed by atoms with Crippen molar-refractivity contribution in [3.05, 3.63) is 0 Å². The van der Waals surface area contributed by atoms with Crippen molar-refractivity contribution in [3.8, 4) is 0 Å². The molecule has 0 aliphatic carbocycles.